The summed E-state index contributed by atoms with van der Waals surface area (Å²) in [5, 5.41) is 0. The lowest BCUT2D eigenvalue weighted by Gasteiger charge is -2.18. The zero-order valence-electron chi connectivity index (χ0n) is 46.5. The third-order valence-electron chi connectivity index (χ3n) is 13.2. The number of unbranched alkanes of at least 4 members (excludes halogenated alkanes) is 34. The Morgan fingerprint density at radius 3 is 0.871 bits per heavy atom. The van der Waals surface area contributed by atoms with Crippen molar-refractivity contribution in [2.24, 2.45) is 0 Å². The second kappa shape index (κ2) is 58.7. The van der Waals surface area contributed by atoms with Crippen molar-refractivity contribution in [3.05, 3.63) is 60.8 Å². The van der Waals surface area contributed by atoms with Gasteiger partial charge in [-0.2, -0.15) is 0 Å². The molecule has 0 aromatic heterocycles. The number of allylic oxidation sites excluding steroid dienone is 10. The normalized spacial score (nSPS) is 12.4. The van der Waals surface area contributed by atoms with Gasteiger partial charge in [0.25, 0.3) is 0 Å². The number of esters is 3. The first kappa shape index (κ1) is 67.1. The van der Waals surface area contributed by atoms with Crippen LogP contribution < -0.4 is 0 Å². The second-order valence-electron chi connectivity index (χ2n) is 20.2. The molecule has 0 saturated heterocycles. The molecule has 0 bridgehead atoms. The summed E-state index contributed by atoms with van der Waals surface area (Å²) in [6, 6.07) is 0. The van der Waals surface area contributed by atoms with Crippen LogP contribution in [0.3, 0.4) is 0 Å². The van der Waals surface area contributed by atoms with Crippen LogP contribution in [0, 0.1) is 0 Å². The molecule has 0 spiro atoms. The van der Waals surface area contributed by atoms with Crippen molar-refractivity contribution in [3.63, 3.8) is 0 Å². The molecule has 0 heterocycles. The molecule has 0 radical (unpaired) electrons. The van der Waals surface area contributed by atoms with Crippen molar-refractivity contribution in [1.29, 1.82) is 0 Å². The highest BCUT2D eigenvalue weighted by Crippen LogP contribution is 2.16. The molecule has 0 aromatic rings. The Labute approximate surface area is 434 Å². The molecule has 6 heteroatoms. The molecule has 0 fully saturated rings. The first-order valence-electron chi connectivity index (χ1n) is 30.3. The third kappa shape index (κ3) is 56.0. The van der Waals surface area contributed by atoms with E-state index in [-0.39, 0.29) is 31.1 Å². The molecule has 0 N–H and O–H groups in total. The van der Waals surface area contributed by atoms with Gasteiger partial charge in [0.05, 0.1) is 0 Å². The van der Waals surface area contributed by atoms with Gasteiger partial charge in [-0.1, -0.05) is 248 Å². The number of carbonyl (C=O) groups is 3. The fourth-order valence-electron chi connectivity index (χ4n) is 8.62. The van der Waals surface area contributed by atoms with Gasteiger partial charge in [0.2, 0.25) is 0 Å². The van der Waals surface area contributed by atoms with Crippen LogP contribution in [0.15, 0.2) is 60.8 Å². The minimum absolute atomic E-state index is 0.0795. The van der Waals surface area contributed by atoms with Crippen LogP contribution in [0.5, 0.6) is 0 Å². The summed E-state index contributed by atoms with van der Waals surface area (Å²) in [6.45, 7) is 6.58. The van der Waals surface area contributed by atoms with Gasteiger partial charge in [0, 0.05) is 19.3 Å². The van der Waals surface area contributed by atoms with Crippen LogP contribution in [0.4, 0.5) is 0 Å². The van der Waals surface area contributed by atoms with E-state index in [0.29, 0.717) is 19.3 Å². The van der Waals surface area contributed by atoms with Gasteiger partial charge in [0.1, 0.15) is 13.2 Å². The molecule has 1 atom stereocenters. The van der Waals surface area contributed by atoms with E-state index >= 15 is 0 Å². The third-order valence-corrected chi connectivity index (χ3v) is 13.2. The minimum Gasteiger partial charge on any atom is -0.462 e. The fourth-order valence-corrected chi connectivity index (χ4v) is 8.62. The maximum absolute atomic E-state index is 12.8. The summed E-state index contributed by atoms with van der Waals surface area (Å²) >= 11 is 0. The van der Waals surface area contributed by atoms with Crippen molar-refractivity contribution < 1.29 is 28.6 Å². The summed E-state index contributed by atoms with van der Waals surface area (Å²) < 4.78 is 16.9. The monoisotopic (exact) mass is 979 g/mol. The smallest absolute Gasteiger partial charge is 0.306 e. The molecule has 0 aromatic carbocycles. The maximum atomic E-state index is 12.8. The molecular weight excluding hydrogens is 865 g/mol. The number of hydrogen-bond acceptors (Lipinski definition) is 6. The first-order chi connectivity index (χ1) is 34.5. The van der Waals surface area contributed by atoms with Crippen LogP contribution in [0.25, 0.3) is 0 Å². The Morgan fingerprint density at radius 1 is 0.286 bits per heavy atom. The van der Waals surface area contributed by atoms with Gasteiger partial charge >= 0.3 is 17.9 Å². The highest BCUT2D eigenvalue weighted by atomic mass is 16.6. The van der Waals surface area contributed by atoms with Gasteiger partial charge in [0.15, 0.2) is 6.10 Å². The number of ether oxygens (including phenoxy) is 3. The van der Waals surface area contributed by atoms with E-state index in [0.717, 1.165) is 83.5 Å². The summed E-state index contributed by atoms with van der Waals surface area (Å²) in [4.78, 5) is 38.1. The topological polar surface area (TPSA) is 78.9 Å². The van der Waals surface area contributed by atoms with Crippen LogP contribution >= 0.6 is 0 Å². The Kier molecular flexibility index (Phi) is 56.3. The largest absolute Gasteiger partial charge is 0.462 e. The van der Waals surface area contributed by atoms with Gasteiger partial charge in [-0.3, -0.25) is 14.4 Å². The molecule has 0 saturated carbocycles. The molecule has 406 valence electrons. The lowest BCUT2D eigenvalue weighted by Crippen LogP contribution is -2.30. The fraction of sp³-hybridized carbons (Fsp3) is 0.797. The summed E-state index contributed by atoms with van der Waals surface area (Å²) in [6.07, 6.45) is 73.7. The number of rotatable bonds is 55. The van der Waals surface area contributed by atoms with E-state index in [1.165, 1.54) is 186 Å². The summed E-state index contributed by atoms with van der Waals surface area (Å²) in [7, 11) is 0. The summed E-state index contributed by atoms with van der Waals surface area (Å²) in [5.74, 6) is -0.887. The van der Waals surface area contributed by atoms with E-state index < -0.39 is 6.10 Å². The van der Waals surface area contributed by atoms with Crippen LogP contribution in [0.2, 0.25) is 0 Å². The van der Waals surface area contributed by atoms with E-state index in [2.05, 4.69) is 81.5 Å². The molecule has 0 aliphatic carbocycles. The molecule has 0 rings (SSSR count). The Morgan fingerprint density at radius 2 is 0.543 bits per heavy atom. The average molecular weight is 980 g/mol. The zero-order valence-corrected chi connectivity index (χ0v) is 46.5. The van der Waals surface area contributed by atoms with Crippen LogP contribution in [-0.2, 0) is 28.6 Å². The standard InChI is InChI=1S/C64H114O6/c1-4-7-10-13-16-19-22-24-26-28-29-30-31-32-33-34-35-37-38-40-42-45-48-51-54-57-63(66)69-60-61(59-68-62(65)56-53-50-47-44-21-18-15-12-9-6-3)70-64(67)58-55-52-49-46-43-41-39-36-27-25-23-20-17-14-11-8-5-2/h12,15,22,24-25,27-29,31-32,61H,4-11,13-14,16-21,23,26,30,33-60H2,1-3H3/b15-12-,24-22-,27-25-,29-28-,32-31-. The maximum Gasteiger partial charge on any atom is 0.306 e. The minimum atomic E-state index is -0.781. The van der Waals surface area contributed by atoms with Gasteiger partial charge in [-0.25, -0.2) is 0 Å². The SMILES string of the molecule is CCC/C=C\CCCCCCCC(=O)OCC(COC(=O)CCCCCCCCCCCC/C=C\C/C=C\C/C=C\CCCCCCC)OC(=O)CCCCCCCCC/C=C\CCCCCCCC. The van der Waals surface area contributed by atoms with Gasteiger partial charge in [-0.05, 0) is 103 Å². The molecule has 1 unspecified atom stereocenters. The van der Waals surface area contributed by atoms with Crippen molar-refractivity contribution in [1.82, 2.24) is 0 Å². The zero-order chi connectivity index (χ0) is 50.7. The van der Waals surface area contributed by atoms with Crippen molar-refractivity contribution >= 4 is 17.9 Å². The Bertz CT molecular complexity index is 1260. The van der Waals surface area contributed by atoms with E-state index in [9.17, 15) is 14.4 Å². The summed E-state index contributed by atoms with van der Waals surface area (Å²) in [5.41, 5.74) is 0. The molecule has 0 aliphatic heterocycles. The van der Waals surface area contributed by atoms with E-state index in [1.807, 2.05) is 0 Å². The van der Waals surface area contributed by atoms with Crippen molar-refractivity contribution in [3.8, 4) is 0 Å². The molecule has 0 amide bonds. The van der Waals surface area contributed by atoms with Gasteiger partial charge in [-0.15, -0.1) is 0 Å². The van der Waals surface area contributed by atoms with Crippen molar-refractivity contribution in [2.45, 2.75) is 316 Å². The van der Waals surface area contributed by atoms with Crippen LogP contribution in [-0.4, -0.2) is 37.2 Å². The predicted octanol–water partition coefficient (Wildman–Crippen LogP) is 20.4. The molecule has 6 nitrogen and oxygen atoms in total. The average Bonchev–Trinajstić information content (AvgIpc) is 3.36. The van der Waals surface area contributed by atoms with Gasteiger partial charge < -0.3 is 14.2 Å². The molecule has 70 heavy (non-hydrogen) atoms. The Hall–Kier alpha value is -2.89. The quantitative estimate of drug-likeness (QED) is 0.0261. The first-order valence-corrected chi connectivity index (χ1v) is 30.3. The van der Waals surface area contributed by atoms with Crippen LogP contribution in [0.1, 0.15) is 310 Å². The molecule has 0 aliphatic rings. The molecular formula is C64H114O6. The predicted molar refractivity (Wildman–Crippen MR) is 302 cm³/mol. The second-order valence-corrected chi connectivity index (χ2v) is 20.2. The van der Waals surface area contributed by atoms with E-state index in [4.69, 9.17) is 14.2 Å². The van der Waals surface area contributed by atoms with E-state index in [1.54, 1.807) is 0 Å². The number of hydrogen-bond donors (Lipinski definition) is 0. The lowest BCUT2D eigenvalue weighted by molar-refractivity contribution is -0.167. The van der Waals surface area contributed by atoms with Crippen molar-refractivity contribution in [2.75, 3.05) is 13.2 Å². The Balaban J connectivity index is 4.25. The highest BCUT2D eigenvalue weighted by Gasteiger charge is 2.19. The number of carbonyl (C=O) groups excluding carboxylic acids is 3. The lowest BCUT2D eigenvalue weighted by atomic mass is 10.1. The highest BCUT2D eigenvalue weighted by molar-refractivity contribution is 5.71.